The average molecular weight is 1800 g/mol. The van der Waals surface area contributed by atoms with E-state index < -0.39 is 0 Å². The number of thiazole rings is 3. The van der Waals surface area contributed by atoms with E-state index in [9.17, 15) is 24.6 Å². The molecule has 624 valence electrons. The molecule has 2 N–H and O–H groups in total. The lowest BCUT2D eigenvalue weighted by atomic mass is 9.89. The molecule has 123 heavy (non-hydrogen) atoms. The lowest BCUT2D eigenvalue weighted by molar-refractivity contribution is -0.671. The second-order valence-corrected chi connectivity index (χ2v) is 39.5. The van der Waals surface area contributed by atoms with Crippen molar-refractivity contribution in [2.45, 2.75) is 130 Å². The van der Waals surface area contributed by atoms with Crippen molar-refractivity contribution < 1.29 is 47.6 Å². The van der Waals surface area contributed by atoms with E-state index >= 15 is 0 Å². The van der Waals surface area contributed by atoms with Crippen molar-refractivity contribution in [3.63, 3.8) is 0 Å². The van der Waals surface area contributed by atoms with Crippen molar-refractivity contribution in [3.05, 3.63) is 327 Å². The average Bonchev–Trinajstić information content (AvgIpc) is 1.73. The monoisotopic (exact) mass is 1790 g/mol. The number of anilines is 3. The zero-order valence-electron chi connectivity index (χ0n) is 69.8. The smallest absolute Gasteiger partial charge is 0.263 e. The molecular formula is C100H98N8O6S9+4. The summed E-state index contributed by atoms with van der Waals surface area (Å²) in [5.41, 5.74) is 13.8. The first-order chi connectivity index (χ1) is 60.3. The van der Waals surface area contributed by atoms with E-state index in [1.807, 2.05) is 84.6 Å². The number of thioether (sulfide) groups is 6. The number of unbranched alkanes of at least 4 members (excludes halogenated alkanes) is 2. The number of aromatic nitrogens is 5. The van der Waals surface area contributed by atoms with Crippen LogP contribution in [0.15, 0.2) is 320 Å². The fraction of sp³-hybridized carbons (Fsp3) is 0.240. The number of Topliss-reactive ketones (excluding diaryl/α,β-unsaturated/α-hetero) is 3. The number of benzene rings is 7. The number of pyridine rings is 2. The highest BCUT2D eigenvalue weighted by Crippen LogP contribution is 2.54. The molecule has 0 spiro atoms. The Hall–Kier alpha value is -9.60. The lowest BCUT2D eigenvalue weighted by Gasteiger charge is -2.25. The van der Waals surface area contributed by atoms with Crippen LogP contribution in [-0.4, -0.2) is 72.0 Å². The Labute approximate surface area is 757 Å². The van der Waals surface area contributed by atoms with E-state index in [1.165, 1.54) is 54.4 Å². The molecule has 0 saturated heterocycles. The van der Waals surface area contributed by atoms with Gasteiger partial charge in [0.1, 0.15) is 46.6 Å². The second kappa shape index (κ2) is 41.0. The number of carbonyl (C=O) groups excluding carboxylic acids is 3. The molecule has 8 heterocycles. The van der Waals surface area contributed by atoms with Crippen LogP contribution in [0.25, 0.3) is 48.9 Å². The molecule has 18 rings (SSSR count). The van der Waals surface area contributed by atoms with Crippen molar-refractivity contribution in [3.8, 4) is 5.75 Å². The van der Waals surface area contributed by atoms with Crippen molar-refractivity contribution in [2.24, 2.45) is 7.05 Å². The summed E-state index contributed by atoms with van der Waals surface area (Å²) in [6, 6.07) is 68.8. The molecule has 6 aliphatic rings. The minimum atomic E-state index is 0.00864. The van der Waals surface area contributed by atoms with Gasteiger partial charge >= 0.3 is 0 Å². The molecule has 0 radical (unpaired) electrons. The molecule has 5 aromatic heterocycles. The Morgan fingerprint density at radius 2 is 0.846 bits per heavy atom. The fourth-order valence-electron chi connectivity index (χ4n) is 15.4. The summed E-state index contributed by atoms with van der Waals surface area (Å²) in [5, 5.41) is 26.0. The summed E-state index contributed by atoms with van der Waals surface area (Å²) in [6.07, 6.45) is 25.9. The zero-order valence-corrected chi connectivity index (χ0v) is 77.1. The normalized spacial score (nSPS) is 16.7. The third kappa shape index (κ3) is 19.3. The van der Waals surface area contributed by atoms with Gasteiger partial charge in [0.2, 0.25) is 16.6 Å². The first-order valence-electron chi connectivity index (χ1n) is 42.1. The van der Waals surface area contributed by atoms with Crippen LogP contribution in [0.2, 0.25) is 0 Å². The lowest BCUT2D eigenvalue weighted by Crippen LogP contribution is -2.37. The van der Waals surface area contributed by atoms with Crippen LogP contribution < -0.4 is 37.7 Å². The van der Waals surface area contributed by atoms with Gasteiger partial charge in [-0.2, -0.15) is 13.7 Å². The van der Waals surface area contributed by atoms with E-state index in [1.54, 1.807) is 105 Å². The predicted molar refractivity (Wildman–Crippen MR) is 516 cm³/mol. The van der Waals surface area contributed by atoms with E-state index in [4.69, 9.17) is 4.74 Å². The van der Waals surface area contributed by atoms with Gasteiger partial charge in [-0.3, -0.25) is 19.4 Å². The number of fused-ring (bicyclic) bond motifs is 6. The Morgan fingerprint density at radius 1 is 0.423 bits per heavy atom. The third-order valence-corrected chi connectivity index (χ3v) is 31.6. The number of β-amino-alcohol motifs (C(OH)–C–C–N with tert-alkyl or cyclic N) is 1. The Bertz CT molecular complexity index is 6270. The summed E-state index contributed by atoms with van der Waals surface area (Å²) < 4.78 is 18.3. The Balaban J connectivity index is 0.000000137. The van der Waals surface area contributed by atoms with Gasteiger partial charge in [0, 0.05) is 166 Å². The van der Waals surface area contributed by atoms with Crippen LogP contribution in [-0.2, 0) is 52.6 Å². The Morgan fingerprint density at radius 3 is 1.28 bits per heavy atom. The van der Waals surface area contributed by atoms with E-state index in [0.717, 1.165) is 180 Å². The number of carbonyl (C=O) groups is 3. The SMILES string of the molecule is CCCCCOc1ccc(CSC2=C(C=C3Sc4ccccc4N3CCO)C(=O)C2=Cc2sc3ccccc3[n+]2CCO)cc1.CCCN1C(=CC2=C(SCc3ccccn3)C(=Cc3sc4ccccc4[n+]3CCC)C2=O)Sc2ccccc21.CCCN1C(=CC2=C(Sc3cc[n+](C)cc3)C(=Cc3sc4ccccc4[n+]3CCC)C2=O)Sc2ccccc21. The summed E-state index contributed by atoms with van der Waals surface area (Å²) in [5.74, 6) is 2.57. The number of allylic oxidation sites excluding steroid dienone is 9. The number of hydrogen-bond acceptors (Lipinski definition) is 19. The molecule has 7 aromatic carbocycles. The first kappa shape index (κ1) is 86.9. The number of rotatable bonds is 31. The van der Waals surface area contributed by atoms with Crippen LogP contribution in [0.3, 0.4) is 0 Å². The highest BCUT2D eigenvalue weighted by Gasteiger charge is 2.41. The molecule has 3 aliphatic carbocycles. The number of para-hydroxylation sites is 6. The number of nitrogens with zero attached hydrogens (tertiary/aromatic N) is 8. The van der Waals surface area contributed by atoms with E-state index in [-0.39, 0.29) is 30.6 Å². The van der Waals surface area contributed by atoms with Crippen LogP contribution in [0, 0.1) is 0 Å². The number of aryl methyl sites for hydroxylation is 3. The highest BCUT2D eigenvalue weighted by atomic mass is 32.2. The highest BCUT2D eigenvalue weighted by molar-refractivity contribution is 8.05. The fourth-order valence-corrected chi connectivity index (χ4v) is 25.4. The molecule has 12 aromatic rings. The molecule has 23 heteroatoms. The number of aliphatic hydroxyl groups is 2. The van der Waals surface area contributed by atoms with Gasteiger partial charge in [-0.1, -0.05) is 220 Å². The summed E-state index contributed by atoms with van der Waals surface area (Å²) in [7, 11) is 2.02. The van der Waals surface area contributed by atoms with Crippen LogP contribution in [0.4, 0.5) is 17.1 Å². The molecular weight excluding hydrogens is 1700 g/mol. The summed E-state index contributed by atoms with van der Waals surface area (Å²) >= 11 is 15.3. The van der Waals surface area contributed by atoms with Gasteiger partial charge in [0.15, 0.2) is 36.3 Å². The van der Waals surface area contributed by atoms with Gasteiger partial charge in [-0.05, 0) is 122 Å². The standard InChI is InChI=1S/C36H37N2O4S3.C32H31N3OS3.C32H30N3OS3/c1-2-3-8-21-42-26-15-13-25(14-16-26)24-43-36-27(22-33-37(17-19-39)29-9-4-6-11-31(29)44-33)35(41)28(36)23-34-38(18-20-40)30-10-5-7-12-32(30)45-34;1-4-16-34-25-10-6-8-12-27(25)38-29(34)20-23-31(36)24(32(23)37-22-14-18-33(3)19-15-22)21-30-35(17-5-2)26-11-7-9-13-28(26)39-30;1-3-17-34-25-12-5-7-14-27(25)38-29(34)19-23-31(36)24(32(23)37-21-22-11-9-10-16-33-22)20-30-35(18-4-2)26-13-6-8-15-28(26)39-30/h4-7,9-16,22-23,39-40H,2-3,8,17-21,24H2,1H3;6-15,18-21H,4-5,16-17H2,1-3H3;5-16,19-20H,3-4,17-18,21H2,1-2H3/q+1;+2;+1. The van der Waals surface area contributed by atoms with Gasteiger partial charge in [0.05, 0.1) is 51.1 Å². The van der Waals surface area contributed by atoms with Gasteiger partial charge in [-0.15, -0.1) is 23.5 Å². The molecule has 3 aliphatic heterocycles. The minimum Gasteiger partial charge on any atom is -0.494 e. The van der Waals surface area contributed by atoms with Crippen LogP contribution >= 0.6 is 105 Å². The molecule has 0 fully saturated rings. The van der Waals surface area contributed by atoms with Crippen molar-refractivity contribution in [2.75, 3.05) is 54.2 Å². The largest absolute Gasteiger partial charge is 0.494 e. The molecule has 0 atom stereocenters. The van der Waals surface area contributed by atoms with Crippen LogP contribution in [0.1, 0.15) is 106 Å². The van der Waals surface area contributed by atoms with Crippen molar-refractivity contribution in [1.82, 2.24) is 4.98 Å². The predicted octanol–water partition coefficient (Wildman–Crippen LogP) is 22.7. The first-order valence-corrected chi connectivity index (χ1v) is 49.8. The maximum absolute atomic E-state index is 13.9. The zero-order chi connectivity index (χ0) is 84.9. The topological polar surface area (TPSA) is 139 Å². The maximum atomic E-state index is 13.9. The molecule has 0 amide bonds. The number of aliphatic hydroxyl groups excluding tert-OH is 2. The summed E-state index contributed by atoms with van der Waals surface area (Å²) in [4.78, 5) is 60.5. The third-order valence-electron chi connectivity index (χ3n) is 21.4. The van der Waals surface area contributed by atoms with Crippen molar-refractivity contribution in [1.29, 1.82) is 0 Å². The molecule has 14 nitrogen and oxygen atoms in total. The number of hydrogen-bond donors (Lipinski definition) is 2. The summed E-state index contributed by atoms with van der Waals surface area (Å²) in [6.45, 7) is 16.4. The number of ketones is 3. The van der Waals surface area contributed by atoms with Gasteiger partial charge in [-0.25, -0.2) is 4.57 Å². The van der Waals surface area contributed by atoms with Crippen LogP contribution in [0.5, 0.6) is 5.75 Å². The quantitative estimate of drug-likeness (QED) is 0.0242. The van der Waals surface area contributed by atoms with Crippen molar-refractivity contribution >= 4 is 188 Å². The van der Waals surface area contributed by atoms with Gasteiger partial charge < -0.3 is 29.6 Å². The van der Waals surface area contributed by atoms with E-state index in [2.05, 4.69) is 250 Å². The number of ether oxygens (including phenoxy) is 1. The van der Waals surface area contributed by atoms with Gasteiger partial charge in [0.25, 0.3) is 15.0 Å². The molecule has 0 saturated carbocycles. The minimum absolute atomic E-state index is 0.00864. The second-order valence-electron chi connectivity index (χ2n) is 30.0. The van der Waals surface area contributed by atoms with E-state index in [0.29, 0.717) is 30.0 Å². The Kier molecular flexibility index (Phi) is 29.0. The molecule has 0 bridgehead atoms. The molecule has 0 unspecified atom stereocenters. The maximum Gasteiger partial charge on any atom is 0.263 e.